The summed E-state index contributed by atoms with van der Waals surface area (Å²) in [4.78, 5) is 30.5. The van der Waals surface area contributed by atoms with Gasteiger partial charge >= 0.3 is 0 Å². The number of hydrogen-bond acceptors (Lipinski definition) is 3. The zero-order valence-corrected chi connectivity index (χ0v) is 15.5. The van der Waals surface area contributed by atoms with Crippen LogP contribution in [0.4, 0.5) is 5.69 Å². The fraction of sp³-hybridized carbons (Fsp3) is 0.381. The lowest BCUT2D eigenvalue weighted by molar-refractivity contribution is -0.128. The Balaban J connectivity index is 1.59. The molecule has 1 aliphatic heterocycles. The predicted molar refractivity (Wildman–Crippen MR) is 102 cm³/mol. The molecule has 26 heavy (non-hydrogen) atoms. The van der Waals surface area contributed by atoms with E-state index < -0.39 is 0 Å². The van der Waals surface area contributed by atoms with Gasteiger partial charge in [-0.2, -0.15) is 0 Å². The van der Waals surface area contributed by atoms with Crippen molar-refractivity contribution in [2.24, 2.45) is 5.92 Å². The van der Waals surface area contributed by atoms with E-state index in [1.54, 1.807) is 17.3 Å². The number of carbonyl (C=O) groups is 2. The van der Waals surface area contributed by atoms with Gasteiger partial charge < -0.3 is 10.2 Å². The van der Waals surface area contributed by atoms with Crippen LogP contribution in [0.5, 0.6) is 0 Å². The molecule has 1 N–H and O–H groups in total. The molecule has 1 aromatic carbocycles. The number of pyridine rings is 1. The van der Waals surface area contributed by atoms with Crippen molar-refractivity contribution in [1.82, 2.24) is 9.88 Å². The maximum Gasteiger partial charge on any atom is 0.229 e. The molecule has 1 aromatic heterocycles. The molecule has 5 nitrogen and oxygen atoms in total. The van der Waals surface area contributed by atoms with E-state index in [9.17, 15) is 9.59 Å². The smallest absolute Gasteiger partial charge is 0.229 e. The normalized spacial score (nSPS) is 17.4. The minimum atomic E-state index is -0.313. The Bertz CT molecular complexity index is 779. The number of benzene rings is 1. The highest BCUT2D eigenvalue weighted by molar-refractivity contribution is 5.97. The van der Waals surface area contributed by atoms with Crippen molar-refractivity contribution < 1.29 is 9.59 Å². The highest BCUT2D eigenvalue weighted by Crippen LogP contribution is 2.25. The number of carbonyl (C=O) groups excluding carboxylic acids is 2. The highest BCUT2D eigenvalue weighted by Gasteiger charge is 2.34. The van der Waals surface area contributed by atoms with Gasteiger partial charge in [0.2, 0.25) is 11.8 Å². The number of nitrogens with one attached hydrogen (secondary N) is 1. The van der Waals surface area contributed by atoms with Crippen LogP contribution in [-0.2, 0) is 21.5 Å². The minimum Gasteiger partial charge on any atom is -0.338 e. The van der Waals surface area contributed by atoms with Gasteiger partial charge in [-0.25, -0.2) is 0 Å². The van der Waals surface area contributed by atoms with E-state index in [4.69, 9.17) is 0 Å². The van der Waals surface area contributed by atoms with Gasteiger partial charge in [-0.05, 0) is 40.8 Å². The lowest BCUT2D eigenvalue weighted by Gasteiger charge is -2.19. The maximum atomic E-state index is 12.5. The second kappa shape index (κ2) is 7.28. The van der Waals surface area contributed by atoms with E-state index in [2.05, 4.69) is 31.1 Å². The first-order valence-corrected chi connectivity index (χ1v) is 8.91. The van der Waals surface area contributed by atoms with Crippen molar-refractivity contribution in [3.8, 4) is 0 Å². The lowest BCUT2D eigenvalue weighted by Crippen LogP contribution is -2.28. The van der Waals surface area contributed by atoms with Crippen molar-refractivity contribution in [3.63, 3.8) is 0 Å². The predicted octanol–water partition coefficient (Wildman–Crippen LogP) is 3.37. The van der Waals surface area contributed by atoms with Crippen LogP contribution < -0.4 is 5.32 Å². The van der Waals surface area contributed by atoms with E-state index in [0.29, 0.717) is 13.1 Å². The zero-order chi connectivity index (χ0) is 18.7. The Morgan fingerprint density at radius 3 is 2.42 bits per heavy atom. The Labute approximate surface area is 154 Å². The van der Waals surface area contributed by atoms with Crippen LogP contribution in [0.25, 0.3) is 0 Å². The molecule has 3 rings (SSSR count). The molecule has 0 spiro atoms. The van der Waals surface area contributed by atoms with Gasteiger partial charge in [-0.1, -0.05) is 32.9 Å². The summed E-state index contributed by atoms with van der Waals surface area (Å²) < 4.78 is 0. The number of rotatable bonds is 4. The molecule has 1 aliphatic rings. The van der Waals surface area contributed by atoms with Crippen molar-refractivity contribution in [2.45, 2.75) is 39.2 Å². The Kier molecular flexibility index (Phi) is 5.07. The largest absolute Gasteiger partial charge is 0.338 e. The van der Waals surface area contributed by atoms with Gasteiger partial charge in [0.15, 0.2) is 0 Å². The van der Waals surface area contributed by atoms with Crippen molar-refractivity contribution in [1.29, 1.82) is 0 Å². The van der Waals surface area contributed by atoms with E-state index in [0.717, 1.165) is 11.3 Å². The minimum absolute atomic E-state index is 0.0186. The van der Waals surface area contributed by atoms with Crippen LogP contribution in [0.2, 0.25) is 0 Å². The molecule has 0 bridgehead atoms. The molecular weight excluding hydrogens is 326 g/mol. The summed E-state index contributed by atoms with van der Waals surface area (Å²) in [6.45, 7) is 7.44. The molecule has 0 radical (unpaired) electrons. The van der Waals surface area contributed by atoms with Crippen LogP contribution >= 0.6 is 0 Å². The quantitative estimate of drug-likeness (QED) is 0.919. The van der Waals surface area contributed by atoms with Gasteiger partial charge in [0, 0.05) is 37.6 Å². The average molecular weight is 351 g/mol. The summed E-state index contributed by atoms with van der Waals surface area (Å²) in [5, 5.41) is 2.94. The second-order valence-electron chi connectivity index (χ2n) is 7.85. The SMILES string of the molecule is CC(C)(C)c1ccc(NC(=O)C2CC(=O)N(Cc3ccncc3)C2)cc1. The molecule has 136 valence electrons. The van der Waals surface area contributed by atoms with Crippen LogP contribution in [-0.4, -0.2) is 28.2 Å². The Morgan fingerprint density at radius 2 is 1.81 bits per heavy atom. The molecule has 1 atom stereocenters. The van der Waals surface area contributed by atoms with Gasteiger partial charge in [0.25, 0.3) is 0 Å². The molecule has 2 amide bonds. The van der Waals surface area contributed by atoms with E-state index in [1.165, 1.54) is 5.56 Å². The average Bonchev–Trinajstić information content (AvgIpc) is 2.96. The van der Waals surface area contributed by atoms with Crippen LogP contribution in [0.15, 0.2) is 48.8 Å². The number of anilines is 1. The van der Waals surface area contributed by atoms with E-state index in [-0.39, 0.29) is 29.6 Å². The van der Waals surface area contributed by atoms with Crippen LogP contribution in [0.3, 0.4) is 0 Å². The summed E-state index contributed by atoms with van der Waals surface area (Å²) in [5.41, 5.74) is 3.08. The molecule has 0 aliphatic carbocycles. The Hall–Kier alpha value is -2.69. The third-order valence-electron chi connectivity index (χ3n) is 4.73. The Morgan fingerprint density at radius 1 is 1.15 bits per heavy atom. The van der Waals surface area contributed by atoms with E-state index >= 15 is 0 Å². The molecule has 1 saturated heterocycles. The molecule has 1 unspecified atom stereocenters. The number of hydrogen-bond donors (Lipinski definition) is 1. The first-order valence-electron chi connectivity index (χ1n) is 8.91. The lowest BCUT2D eigenvalue weighted by atomic mass is 9.87. The second-order valence-corrected chi connectivity index (χ2v) is 7.85. The molecule has 2 aromatic rings. The summed E-state index contributed by atoms with van der Waals surface area (Å²) >= 11 is 0. The van der Waals surface area contributed by atoms with Gasteiger partial charge in [-0.15, -0.1) is 0 Å². The molecule has 5 heteroatoms. The van der Waals surface area contributed by atoms with Crippen LogP contribution in [0.1, 0.15) is 38.3 Å². The van der Waals surface area contributed by atoms with E-state index in [1.807, 2.05) is 36.4 Å². The van der Waals surface area contributed by atoms with Crippen molar-refractivity contribution >= 4 is 17.5 Å². The number of likely N-dealkylation sites (tertiary alicyclic amines) is 1. The maximum absolute atomic E-state index is 12.5. The van der Waals surface area contributed by atoms with Gasteiger partial charge in [-0.3, -0.25) is 14.6 Å². The summed E-state index contributed by atoms with van der Waals surface area (Å²) in [6, 6.07) is 11.7. The first-order chi connectivity index (χ1) is 12.3. The molecule has 2 heterocycles. The molecular formula is C21H25N3O2. The summed E-state index contributed by atoms with van der Waals surface area (Å²) in [7, 11) is 0. The standard InChI is InChI=1S/C21H25N3O2/c1-21(2,3)17-4-6-18(7-5-17)23-20(26)16-12-19(25)24(14-16)13-15-8-10-22-11-9-15/h4-11,16H,12-14H2,1-3H3,(H,23,26). The summed E-state index contributed by atoms with van der Waals surface area (Å²) in [6.07, 6.45) is 3.68. The van der Waals surface area contributed by atoms with Gasteiger partial charge in [0.1, 0.15) is 0 Å². The molecule has 1 fully saturated rings. The zero-order valence-electron chi connectivity index (χ0n) is 15.5. The fourth-order valence-electron chi connectivity index (χ4n) is 3.11. The number of aromatic nitrogens is 1. The van der Waals surface area contributed by atoms with Gasteiger partial charge in [0.05, 0.1) is 5.92 Å². The third-order valence-corrected chi connectivity index (χ3v) is 4.73. The fourth-order valence-corrected chi connectivity index (χ4v) is 3.11. The monoisotopic (exact) mass is 351 g/mol. The van der Waals surface area contributed by atoms with Crippen molar-refractivity contribution in [3.05, 3.63) is 59.9 Å². The van der Waals surface area contributed by atoms with Crippen LogP contribution in [0, 0.1) is 5.92 Å². The first kappa shape index (κ1) is 18.1. The number of nitrogens with zero attached hydrogens (tertiary/aromatic N) is 2. The van der Waals surface area contributed by atoms with Crippen molar-refractivity contribution in [2.75, 3.05) is 11.9 Å². The number of amides is 2. The third kappa shape index (κ3) is 4.28. The highest BCUT2D eigenvalue weighted by atomic mass is 16.2. The summed E-state index contributed by atoms with van der Waals surface area (Å²) in [5.74, 6) is -0.393. The topological polar surface area (TPSA) is 62.3 Å². The molecule has 0 saturated carbocycles.